The SMILES string of the molecule is O=C(Nc1cccc(C(F)(F)F)c1)c1sccc1S(=O)(=O)N1CCOCC1. The number of carbonyl (C=O) groups is 1. The third-order valence-electron chi connectivity index (χ3n) is 3.87. The smallest absolute Gasteiger partial charge is 0.379 e. The summed E-state index contributed by atoms with van der Waals surface area (Å²) in [6, 6.07) is 5.46. The van der Waals surface area contributed by atoms with Gasteiger partial charge in [-0.3, -0.25) is 4.79 Å². The van der Waals surface area contributed by atoms with Crippen LogP contribution in [0.3, 0.4) is 0 Å². The molecule has 0 unspecified atom stereocenters. The van der Waals surface area contributed by atoms with E-state index < -0.39 is 27.7 Å². The van der Waals surface area contributed by atoms with Crippen molar-refractivity contribution in [2.45, 2.75) is 11.1 Å². The summed E-state index contributed by atoms with van der Waals surface area (Å²) in [5, 5.41) is 3.79. The summed E-state index contributed by atoms with van der Waals surface area (Å²) >= 11 is 0.906. The number of alkyl halides is 3. The standard InChI is InChI=1S/C16H15F3N2O4S2/c17-16(18,19)11-2-1-3-12(10-11)20-15(22)14-13(4-9-26-14)27(23,24)21-5-7-25-8-6-21/h1-4,9-10H,5-8H2,(H,20,22). The molecule has 2 aromatic rings. The van der Waals surface area contributed by atoms with Gasteiger partial charge in [-0.1, -0.05) is 6.07 Å². The number of hydrogen-bond donors (Lipinski definition) is 1. The second-order valence-electron chi connectivity index (χ2n) is 5.66. The van der Waals surface area contributed by atoms with Crippen molar-refractivity contribution < 1.29 is 31.1 Å². The molecule has 0 atom stereocenters. The van der Waals surface area contributed by atoms with Crippen LogP contribution in [-0.4, -0.2) is 44.9 Å². The molecular formula is C16H15F3N2O4S2. The third kappa shape index (κ3) is 4.32. The van der Waals surface area contributed by atoms with E-state index in [4.69, 9.17) is 4.74 Å². The monoisotopic (exact) mass is 420 g/mol. The fourth-order valence-corrected chi connectivity index (χ4v) is 5.26. The van der Waals surface area contributed by atoms with Crippen LogP contribution < -0.4 is 5.32 Å². The van der Waals surface area contributed by atoms with Crippen molar-refractivity contribution in [3.63, 3.8) is 0 Å². The van der Waals surface area contributed by atoms with Crippen molar-refractivity contribution in [2.24, 2.45) is 0 Å². The van der Waals surface area contributed by atoms with Crippen LogP contribution in [0.2, 0.25) is 0 Å². The largest absolute Gasteiger partial charge is 0.416 e. The first-order chi connectivity index (χ1) is 12.7. The molecule has 27 heavy (non-hydrogen) atoms. The summed E-state index contributed by atoms with van der Waals surface area (Å²) in [6.07, 6.45) is -4.55. The molecule has 0 aliphatic carbocycles. The van der Waals surface area contributed by atoms with E-state index in [2.05, 4.69) is 5.32 Å². The molecule has 1 aliphatic heterocycles. The van der Waals surface area contributed by atoms with Crippen LogP contribution in [0.4, 0.5) is 18.9 Å². The Balaban J connectivity index is 1.84. The van der Waals surface area contributed by atoms with Crippen molar-refractivity contribution in [3.05, 3.63) is 46.2 Å². The van der Waals surface area contributed by atoms with E-state index >= 15 is 0 Å². The first-order valence-corrected chi connectivity index (χ1v) is 10.2. The molecule has 6 nitrogen and oxygen atoms in total. The molecular weight excluding hydrogens is 405 g/mol. The number of benzene rings is 1. The molecule has 1 fully saturated rings. The number of ether oxygens (including phenoxy) is 1. The number of amides is 1. The lowest BCUT2D eigenvalue weighted by Gasteiger charge is -2.26. The topological polar surface area (TPSA) is 75.7 Å². The zero-order valence-corrected chi connectivity index (χ0v) is 15.5. The Hall–Kier alpha value is -1.95. The fourth-order valence-electron chi connectivity index (χ4n) is 2.55. The molecule has 0 radical (unpaired) electrons. The van der Waals surface area contributed by atoms with Crippen molar-refractivity contribution >= 4 is 33.0 Å². The van der Waals surface area contributed by atoms with Gasteiger partial charge in [0.2, 0.25) is 10.0 Å². The highest BCUT2D eigenvalue weighted by atomic mass is 32.2. The second kappa shape index (κ2) is 7.58. The average molecular weight is 420 g/mol. The Morgan fingerprint density at radius 1 is 1.19 bits per heavy atom. The van der Waals surface area contributed by atoms with E-state index in [1.807, 2.05) is 0 Å². The molecule has 146 valence electrons. The number of morpholine rings is 1. The predicted molar refractivity (Wildman–Crippen MR) is 93.3 cm³/mol. The van der Waals surface area contributed by atoms with E-state index in [0.29, 0.717) is 0 Å². The van der Waals surface area contributed by atoms with E-state index in [9.17, 15) is 26.4 Å². The third-order valence-corrected chi connectivity index (χ3v) is 6.85. The van der Waals surface area contributed by atoms with Gasteiger partial charge >= 0.3 is 6.18 Å². The average Bonchev–Trinajstić information content (AvgIpc) is 3.13. The Morgan fingerprint density at radius 3 is 2.56 bits per heavy atom. The van der Waals surface area contributed by atoms with Gasteiger partial charge in [-0.2, -0.15) is 17.5 Å². The second-order valence-corrected chi connectivity index (χ2v) is 8.49. The minimum Gasteiger partial charge on any atom is -0.379 e. The molecule has 2 heterocycles. The van der Waals surface area contributed by atoms with Crippen molar-refractivity contribution in [2.75, 3.05) is 31.6 Å². The maximum absolute atomic E-state index is 12.8. The number of carbonyl (C=O) groups excluding carboxylic acids is 1. The first-order valence-electron chi connectivity index (χ1n) is 7.83. The van der Waals surface area contributed by atoms with Gasteiger partial charge in [0.1, 0.15) is 9.77 Å². The Morgan fingerprint density at radius 2 is 1.89 bits per heavy atom. The van der Waals surface area contributed by atoms with Crippen molar-refractivity contribution in [3.8, 4) is 0 Å². The maximum atomic E-state index is 12.8. The Bertz CT molecular complexity index is 935. The molecule has 1 aliphatic rings. The van der Waals surface area contributed by atoms with Gasteiger partial charge in [0.15, 0.2) is 0 Å². The minimum absolute atomic E-state index is 0.0713. The summed E-state index contributed by atoms with van der Waals surface area (Å²) in [6.45, 7) is 0.865. The summed E-state index contributed by atoms with van der Waals surface area (Å²) in [5.41, 5.74) is -0.981. The first kappa shape index (κ1) is 19.8. The van der Waals surface area contributed by atoms with Crippen LogP contribution in [0.5, 0.6) is 0 Å². The highest BCUT2D eigenvalue weighted by Gasteiger charge is 2.32. The van der Waals surface area contributed by atoms with Crippen LogP contribution in [0.25, 0.3) is 0 Å². The fraction of sp³-hybridized carbons (Fsp3) is 0.312. The number of halogens is 3. The lowest BCUT2D eigenvalue weighted by molar-refractivity contribution is -0.137. The van der Waals surface area contributed by atoms with Gasteiger partial charge in [0, 0.05) is 18.8 Å². The number of thiophene rings is 1. The molecule has 1 amide bonds. The lowest BCUT2D eigenvalue weighted by atomic mass is 10.2. The van der Waals surface area contributed by atoms with Crippen LogP contribution >= 0.6 is 11.3 Å². The van der Waals surface area contributed by atoms with Crippen molar-refractivity contribution in [1.82, 2.24) is 4.31 Å². The van der Waals surface area contributed by atoms with Gasteiger partial charge in [0.05, 0.1) is 18.8 Å². The van der Waals surface area contributed by atoms with Gasteiger partial charge in [-0.25, -0.2) is 8.42 Å². The van der Waals surface area contributed by atoms with E-state index in [1.54, 1.807) is 0 Å². The number of rotatable bonds is 4. The predicted octanol–water partition coefficient (Wildman–Crippen LogP) is 3.04. The number of hydrogen-bond acceptors (Lipinski definition) is 5. The number of nitrogens with zero attached hydrogens (tertiary/aromatic N) is 1. The van der Waals surface area contributed by atoms with E-state index in [1.165, 1.54) is 21.8 Å². The van der Waals surface area contributed by atoms with Crippen molar-refractivity contribution in [1.29, 1.82) is 0 Å². The van der Waals surface area contributed by atoms with Crippen LogP contribution in [0, 0.1) is 0 Å². The molecule has 3 rings (SSSR count). The van der Waals surface area contributed by atoms with Gasteiger partial charge in [-0.15, -0.1) is 11.3 Å². The number of anilines is 1. The molecule has 1 saturated heterocycles. The molecule has 1 aromatic heterocycles. The molecule has 0 spiro atoms. The highest BCUT2D eigenvalue weighted by molar-refractivity contribution is 7.89. The zero-order valence-electron chi connectivity index (χ0n) is 13.8. The summed E-state index contributed by atoms with van der Waals surface area (Å²) in [4.78, 5) is 12.2. The highest BCUT2D eigenvalue weighted by Crippen LogP contribution is 2.31. The summed E-state index contributed by atoms with van der Waals surface area (Å²) in [5.74, 6) is -0.781. The van der Waals surface area contributed by atoms with Gasteiger partial charge < -0.3 is 10.1 Å². The van der Waals surface area contributed by atoms with Gasteiger partial charge in [0.25, 0.3) is 5.91 Å². The van der Waals surface area contributed by atoms with E-state index in [-0.39, 0.29) is 41.8 Å². The van der Waals surface area contributed by atoms with Crippen LogP contribution in [-0.2, 0) is 20.9 Å². The molecule has 1 aromatic carbocycles. The molecule has 0 saturated carbocycles. The molecule has 1 N–H and O–H groups in total. The zero-order chi connectivity index (χ0) is 19.7. The lowest BCUT2D eigenvalue weighted by Crippen LogP contribution is -2.41. The molecule has 11 heteroatoms. The number of nitrogens with one attached hydrogen (secondary N) is 1. The van der Waals surface area contributed by atoms with E-state index in [0.717, 1.165) is 29.5 Å². The Kier molecular flexibility index (Phi) is 5.56. The Labute approximate surface area is 157 Å². The summed E-state index contributed by atoms with van der Waals surface area (Å²) in [7, 11) is -3.90. The number of sulfonamides is 1. The van der Waals surface area contributed by atoms with Crippen LogP contribution in [0.1, 0.15) is 15.2 Å². The van der Waals surface area contributed by atoms with Crippen LogP contribution in [0.15, 0.2) is 40.6 Å². The molecule has 0 bridgehead atoms. The maximum Gasteiger partial charge on any atom is 0.416 e. The van der Waals surface area contributed by atoms with Gasteiger partial charge in [-0.05, 0) is 29.6 Å². The summed E-state index contributed by atoms with van der Waals surface area (Å²) < 4.78 is 70.3. The minimum atomic E-state index is -4.55. The quantitative estimate of drug-likeness (QED) is 0.825. The normalized spacial score (nSPS) is 16.3.